The Morgan fingerprint density at radius 3 is 1.75 bits per heavy atom. The first-order valence-electron chi connectivity index (χ1n) is 4.17. The minimum absolute atomic E-state index is 0.192. The topological polar surface area (TPSA) is 49.4 Å². The van der Waals surface area contributed by atoms with Gasteiger partial charge in [-0.25, -0.2) is 12.7 Å². The molecule has 1 saturated heterocycles. The quantitative estimate of drug-likeness (QED) is 0.666. The van der Waals surface area contributed by atoms with Crippen LogP contribution in [0.25, 0.3) is 0 Å². The van der Waals surface area contributed by atoms with Crippen LogP contribution < -0.4 is 5.32 Å². The Morgan fingerprint density at radius 2 is 1.67 bits per heavy atom. The summed E-state index contributed by atoms with van der Waals surface area (Å²) in [6.45, 7) is 5.20. The highest BCUT2D eigenvalue weighted by Crippen LogP contribution is 2.08. The van der Waals surface area contributed by atoms with Crippen LogP contribution in [0.1, 0.15) is 13.8 Å². The predicted octanol–water partition coefficient (Wildman–Crippen LogP) is -0.124. The Balaban J connectivity index is 0.000000561. The average Bonchev–Trinajstić information content (AvgIpc) is 1.87. The smallest absolute Gasteiger partial charge is 0.218 e. The van der Waals surface area contributed by atoms with Crippen molar-refractivity contribution in [3.05, 3.63) is 0 Å². The first-order valence-corrected chi connectivity index (χ1v) is 5.67. The molecule has 1 fully saturated rings. The van der Waals surface area contributed by atoms with E-state index < -0.39 is 10.0 Å². The van der Waals surface area contributed by atoms with E-state index >= 15 is 0 Å². The lowest BCUT2D eigenvalue weighted by Gasteiger charge is -2.29. The van der Waals surface area contributed by atoms with Gasteiger partial charge in [0.2, 0.25) is 10.0 Å². The summed E-state index contributed by atoms with van der Waals surface area (Å²) in [6.07, 6.45) is 0. The van der Waals surface area contributed by atoms with E-state index in [-0.39, 0.29) is 5.25 Å². The maximum atomic E-state index is 11.2. The highest BCUT2D eigenvalue weighted by atomic mass is 32.2. The normalized spacial score (nSPS) is 18.1. The van der Waals surface area contributed by atoms with Gasteiger partial charge >= 0.3 is 0 Å². The Bertz CT molecular complexity index is 207. The van der Waals surface area contributed by atoms with Crippen LogP contribution in [-0.2, 0) is 10.0 Å². The fourth-order valence-electron chi connectivity index (χ4n) is 0.771. The number of hydrogen-bond acceptors (Lipinski definition) is 3. The van der Waals surface area contributed by atoms with Crippen LogP contribution in [0.2, 0.25) is 0 Å². The zero-order chi connectivity index (χ0) is 9.78. The van der Waals surface area contributed by atoms with Gasteiger partial charge in [-0.1, -0.05) is 13.8 Å². The number of hydrogen-bond donors (Lipinski definition) is 1. The van der Waals surface area contributed by atoms with Crippen molar-refractivity contribution < 1.29 is 8.42 Å². The summed E-state index contributed by atoms with van der Waals surface area (Å²) in [4.78, 5) is 0. The molecule has 0 amide bonds. The predicted molar refractivity (Wildman–Crippen MR) is 50.6 cm³/mol. The lowest BCUT2D eigenvalue weighted by molar-refractivity contribution is 0.453. The van der Waals surface area contributed by atoms with Crippen LogP contribution in [0.15, 0.2) is 0 Å². The molecular formula is C7H18N2O2S. The Morgan fingerprint density at radius 1 is 1.25 bits per heavy atom. The van der Waals surface area contributed by atoms with E-state index in [9.17, 15) is 8.42 Å². The fraction of sp³-hybridized carbons (Fsp3) is 1.00. The third-order valence-electron chi connectivity index (χ3n) is 1.67. The number of rotatable bonds is 2. The van der Waals surface area contributed by atoms with Crippen LogP contribution in [0.3, 0.4) is 0 Å². The Kier molecular flexibility index (Phi) is 4.74. The van der Waals surface area contributed by atoms with E-state index in [4.69, 9.17) is 0 Å². The lowest BCUT2D eigenvalue weighted by atomic mass is 10.3. The average molecular weight is 194 g/mol. The zero-order valence-corrected chi connectivity index (χ0v) is 8.98. The van der Waals surface area contributed by atoms with Gasteiger partial charge in [0.05, 0.1) is 0 Å². The van der Waals surface area contributed by atoms with Crippen molar-refractivity contribution >= 4 is 10.0 Å². The van der Waals surface area contributed by atoms with E-state index in [0.29, 0.717) is 13.1 Å². The maximum absolute atomic E-state index is 11.2. The van der Waals surface area contributed by atoms with Gasteiger partial charge in [0, 0.05) is 27.2 Å². The molecule has 0 unspecified atom stereocenters. The Labute approximate surface area is 75.0 Å². The van der Waals surface area contributed by atoms with E-state index in [2.05, 4.69) is 5.32 Å². The molecule has 1 N–H and O–H groups in total. The zero-order valence-electron chi connectivity index (χ0n) is 8.16. The third kappa shape index (κ3) is 2.43. The second-order valence-corrected chi connectivity index (χ2v) is 5.03. The number of sulfonamides is 1. The van der Waals surface area contributed by atoms with E-state index in [1.807, 2.05) is 13.8 Å². The highest BCUT2D eigenvalue weighted by Gasteiger charge is 2.32. The number of nitrogens with one attached hydrogen (secondary N) is 1. The summed E-state index contributed by atoms with van der Waals surface area (Å²) in [6, 6.07) is 0. The molecule has 4 nitrogen and oxygen atoms in total. The van der Waals surface area contributed by atoms with Gasteiger partial charge in [-0.15, -0.1) is 0 Å². The minimum Gasteiger partial charge on any atom is -0.314 e. The fourth-order valence-corrected chi connectivity index (χ4v) is 2.02. The van der Waals surface area contributed by atoms with Crippen molar-refractivity contribution in [3.63, 3.8) is 0 Å². The first kappa shape index (κ1) is 11.9. The molecule has 0 atom stereocenters. The lowest BCUT2D eigenvalue weighted by Crippen LogP contribution is -2.54. The van der Waals surface area contributed by atoms with Crippen molar-refractivity contribution in [3.8, 4) is 0 Å². The largest absolute Gasteiger partial charge is 0.314 e. The van der Waals surface area contributed by atoms with Crippen molar-refractivity contribution in [1.82, 2.24) is 9.62 Å². The van der Waals surface area contributed by atoms with E-state index in [1.165, 1.54) is 4.31 Å². The number of nitrogens with zero attached hydrogens (tertiary/aromatic N) is 1. The molecule has 1 aliphatic heterocycles. The first-order chi connectivity index (χ1) is 5.55. The van der Waals surface area contributed by atoms with Crippen LogP contribution in [0.4, 0.5) is 0 Å². The van der Waals surface area contributed by atoms with E-state index in [1.54, 1.807) is 14.1 Å². The molecule has 1 rings (SSSR count). The van der Waals surface area contributed by atoms with Gasteiger partial charge in [-0.3, -0.25) is 0 Å². The van der Waals surface area contributed by atoms with E-state index in [0.717, 1.165) is 0 Å². The molecule has 12 heavy (non-hydrogen) atoms. The van der Waals surface area contributed by atoms with Gasteiger partial charge < -0.3 is 5.32 Å². The van der Waals surface area contributed by atoms with Crippen LogP contribution >= 0.6 is 0 Å². The van der Waals surface area contributed by atoms with Crippen molar-refractivity contribution in [2.75, 3.05) is 27.2 Å². The summed E-state index contributed by atoms with van der Waals surface area (Å²) < 4.78 is 23.7. The van der Waals surface area contributed by atoms with Crippen molar-refractivity contribution in [1.29, 1.82) is 0 Å². The molecule has 0 bridgehead atoms. The van der Waals surface area contributed by atoms with Gasteiger partial charge in [0.1, 0.15) is 5.25 Å². The van der Waals surface area contributed by atoms with Crippen molar-refractivity contribution in [2.24, 2.45) is 0 Å². The summed E-state index contributed by atoms with van der Waals surface area (Å²) in [7, 11) is 0.157. The molecule has 0 aromatic rings. The summed E-state index contributed by atoms with van der Waals surface area (Å²) in [5.41, 5.74) is 0. The summed E-state index contributed by atoms with van der Waals surface area (Å²) in [5, 5.41) is 2.72. The molecule has 0 aromatic carbocycles. The summed E-state index contributed by atoms with van der Waals surface area (Å²) in [5.74, 6) is 0. The second kappa shape index (κ2) is 4.79. The van der Waals surface area contributed by atoms with Gasteiger partial charge in [0.25, 0.3) is 0 Å². The maximum Gasteiger partial charge on any atom is 0.218 e. The molecule has 0 spiro atoms. The SMILES string of the molecule is CC.CN(C)S(=O)(=O)C1CNC1. The molecular weight excluding hydrogens is 176 g/mol. The highest BCUT2D eigenvalue weighted by molar-refractivity contribution is 7.89. The van der Waals surface area contributed by atoms with Gasteiger partial charge in [-0.05, 0) is 0 Å². The summed E-state index contributed by atoms with van der Waals surface area (Å²) >= 11 is 0. The molecule has 1 heterocycles. The van der Waals surface area contributed by atoms with Gasteiger partial charge in [0.15, 0.2) is 0 Å². The molecule has 0 aromatic heterocycles. The third-order valence-corrected chi connectivity index (χ3v) is 3.87. The van der Waals surface area contributed by atoms with Crippen LogP contribution in [-0.4, -0.2) is 45.2 Å². The van der Waals surface area contributed by atoms with Crippen LogP contribution in [0, 0.1) is 0 Å². The Hall–Kier alpha value is -0.130. The molecule has 0 saturated carbocycles. The molecule has 0 aliphatic carbocycles. The minimum atomic E-state index is -2.97. The molecule has 5 heteroatoms. The molecule has 0 radical (unpaired) electrons. The van der Waals surface area contributed by atoms with Gasteiger partial charge in [-0.2, -0.15) is 0 Å². The van der Waals surface area contributed by atoms with Crippen molar-refractivity contribution in [2.45, 2.75) is 19.1 Å². The standard InChI is InChI=1S/C5H12N2O2S.C2H6/c1-7(2)10(8,9)5-3-6-4-5;1-2/h5-6H,3-4H2,1-2H3;1-2H3. The molecule has 1 aliphatic rings. The van der Waals surface area contributed by atoms with Crippen LogP contribution in [0.5, 0.6) is 0 Å². The second-order valence-electron chi connectivity index (χ2n) is 2.61. The molecule has 74 valence electrons. The monoisotopic (exact) mass is 194 g/mol.